The number of carbonyl (C=O) groups is 1. The largest absolute Gasteiger partial charge is 0.496 e. The second-order valence-electron chi connectivity index (χ2n) is 4.30. The Morgan fingerprint density at radius 1 is 1.29 bits per heavy atom. The Hall–Kier alpha value is -1.51. The molecular formula is C14H21NO2. The molecule has 1 aromatic carbocycles. The zero-order valence-corrected chi connectivity index (χ0v) is 11.1. The molecule has 1 aromatic rings. The van der Waals surface area contributed by atoms with E-state index in [9.17, 15) is 4.79 Å². The van der Waals surface area contributed by atoms with Crippen molar-refractivity contribution in [3.05, 3.63) is 23.3 Å². The number of Topliss-reactive ketones (excluding diaryl/α,β-unsaturated/α-hetero) is 1. The predicted molar refractivity (Wildman–Crippen MR) is 70.9 cm³/mol. The Morgan fingerprint density at radius 3 is 2.59 bits per heavy atom. The van der Waals surface area contributed by atoms with Crippen molar-refractivity contribution < 1.29 is 9.53 Å². The van der Waals surface area contributed by atoms with Gasteiger partial charge in [0.2, 0.25) is 0 Å². The zero-order chi connectivity index (χ0) is 12.8. The molecule has 0 bridgehead atoms. The lowest BCUT2D eigenvalue weighted by atomic mass is 10.1. The Bertz CT molecular complexity index is 399. The van der Waals surface area contributed by atoms with Gasteiger partial charge in [0.1, 0.15) is 11.5 Å². The van der Waals surface area contributed by atoms with Crippen LogP contribution in [0.3, 0.4) is 0 Å². The average molecular weight is 235 g/mol. The standard InChI is InChI=1S/C14H21NO2/c1-10(16)6-5-9-15-13-7-8-14(17-4)12(3)11(13)2/h7-8,15H,5-6,9H2,1-4H3. The first-order valence-electron chi connectivity index (χ1n) is 5.93. The molecule has 0 aromatic heterocycles. The van der Waals surface area contributed by atoms with Crippen LogP contribution in [0, 0.1) is 13.8 Å². The van der Waals surface area contributed by atoms with Crippen LogP contribution in [-0.2, 0) is 4.79 Å². The van der Waals surface area contributed by atoms with Crippen molar-refractivity contribution in [1.29, 1.82) is 0 Å². The van der Waals surface area contributed by atoms with Crippen molar-refractivity contribution in [3.63, 3.8) is 0 Å². The van der Waals surface area contributed by atoms with E-state index < -0.39 is 0 Å². The summed E-state index contributed by atoms with van der Waals surface area (Å²) >= 11 is 0. The number of benzene rings is 1. The summed E-state index contributed by atoms with van der Waals surface area (Å²) in [5, 5.41) is 3.35. The van der Waals surface area contributed by atoms with Crippen molar-refractivity contribution in [3.8, 4) is 5.75 Å². The Labute approximate surface area is 103 Å². The van der Waals surface area contributed by atoms with Gasteiger partial charge < -0.3 is 14.8 Å². The minimum atomic E-state index is 0.245. The molecule has 0 unspecified atom stereocenters. The third kappa shape index (κ3) is 3.77. The number of anilines is 1. The molecule has 1 N–H and O–H groups in total. The van der Waals surface area contributed by atoms with E-state index >= 15 is 0 Å². The highest BCUT2D eigenvalue weighted by Crippen LogP contribution is 2.27. The number of ketones is 1. The van der Waals surface area contributed by atoms with Crippen LogP contribution in [0.15, 0.2) is 12.1 Å². The van der Waals surface area contributed by atoms with Gasteiger partial charge in [-0.3, -0.25) is 0 Å². The molecular weight excluding hydrogens is 214 g/mol. The molecule has 17 heavy (non-hydrogen) atoms. The van der Waals surface area contributed by atoms with Gasteiger partial charge in [-0.2, -0.15) is 0 Å². The van der Waals surface area contributed by atoms with Crippen LogP contribution < -0.4 is 10.1 Å². The van der Waals surface area contributed by atoms with E-state index in [1.807, 2.05) is 12.1 Å². The molecule has 0 saturated carbocycles. The zero-order valence-electron chi connectivity index (χ0n) is 11.1. The summed E-state index contributed by atoms with van der Waals surface area (Å²) in [7, 11) is 1.68. The summed E-state index contributed by atoms with van der Waals surface area (Å²) in [6.45, 7) is 6.58. The fourth-order valence-corrected chi connectivity index (χ4v) is 1.77. The van der Waals surface area contributed by atoms with Crippen LogP contribution in [-0.4, -0.2) is 19.4 Å². The number of hydrogen-bond donors (Lipinski definition) is 1. The lowest BCUT2D eigenvalue weighted by Gasteiger charge is -2.14. The molecule has 3 nitrogen and oxygen atoms in total. The molecule has 0 saturated heterocycles. The molecule has 0 heterocycles. The number of ether oxygens (including phenoxy) is 1. The molecule has 1 rings (SSSR count). The van der Waals surface area contributed by atoms with Crippen LogP contribution in [0.25, 0.3) is 0 Å². The number of rotatable bonds is 6. The lowest BCUT2D eigenvalue weighted by molar-refractivity contribution is -0.117. The van der Waals surface area contributed by atoms with Crippen molar-refractivity contribution in [2.24, 2.45) is 0 Å². The minimum absolute atomic E-state index is 0.245. The van der Waals surface area contributed by atoms with Gasteiger partial charge in [0.25, 0.3) is 0 Å². The van der Waals surface area contributed by atoms with Crippen LogP contribution in [0.5, 0.6) is 5.75 Å². The highest BCUT2D eigenvalue weighted by atomic mass is 16.5. The van der Waals surface area contributed by atoms with Crippen LogP contribution in [0.2, 0.25) is 0 Å². The number of methoxy groups -OCH3 is 1. The average Bonchev–Trinajstić information content (AvgIpc) is 2.29. The third-order valence-electron chi connectivity index (χ3n) is 2.98. The molecule has 0 amide bonds. The van der Waals surface area contributed by atoms with Gasteiger partial charge in [-0.15, -0.1) is 0 Å². The first kappa shape index (κ1) is 13.6. The maximum atomic E-state index is 10.8. The highest BCUT2D eigenvalue weighted by molar-refractivity contribution is 5.75. The van der Waals surface area contributed by atoms with Crippen LogP contribution in [0.1, 0.15) is 30.9 Å². The van der Waals surface area contributed by atoms with Crippen molar-refractivity contribution >= 4 is 11.5 Å². The van der Waals surface area contributed by atoms with Gasteiger partial charge in [0, 0.05) is 18.7 Å². The topological polar surface area (TPSA) is 38.3 Å². The molecule has 0 aliphatic carbocycles. The highest BCUT2D eigenvalue weighted by Gasteiger charge is 2.05. The molecule has 0 aliphatic rings. The van der Waals surface area contributed by atoms with Gasteiger partial charge >= 0.3 is 0 Å². The predicted octanol–water partition coefficient (Wildman–Crippen LogP) is 3.09. The maximum absolute atomic E-state index is 10.8. The molecule has 3 heteroatoms. The summed E-state index contributed by atoms with van der Waals surface area (Å²) in [5.74, 6) is 1.16. The number of carbonyl (C=O) groups excluding carboxylic acids is 1. The SMILES string of the molecule is COc1ccc(NCCCC(C)=O)c(C)c1C. The first-order valence-corrected chi connectivity index (χ1v) is 5.93. The number of nitrogens with one attached hydrogen (secondary N) is 1. The first-order chi connectivity index (χ1) is 8.06. The van der Waals surface area contributed by atoms with Gasteiger partial charge in [-0.05, 0) is 50.5 Å². The Balaban J connectivity index is 2.60. The Kier molecular flexibility index (Phi) is 5.01. The van der Waals surface area contributed by atoms with E-state index in [-0.39, 0.29) is 5.78 Å². The van der Waals surface area contributed by atoms with Gasteiger partial charge in [0.15, 0.2) is 0 Å². The quantitative estimate of drug-likeness (QED) is 0.770. The van der Waals surface area contributed by atoms with E-state index in [4.69, 9.17) is 4.74 Å². The second-order valence-corrected chi connectivity index (χ2v) is 4.30. The van der Waals surface area contributed by atoms with E-state index in [0.717, 1.165) is 30.0 Å². The fraction of sp³-hybridized carbons (Fsp3) is 0.500. The van der Waals surface area contributed by atoms with Crippen LogP contribution in [0.4, 0.5) is 5.69 Å². The van der Waals surface area contributed by atoms with Gasteiger partial charge in [0.05, 0.1) is 7.11 Å². The van der Waals surface area contributed by atoms with Crippen molar-refractivity contribution in [2.75, 3.05) is 19.0 Å². The summed E-state index contributed by atoms with van der Waals surface area (Å²) in [5.41, 5.74) is 3.48. The normalized spacial score (nSPS) is 10.1. The minimum Gasteiger partial charge on any atom is -0.496 e. The van der Waals surface area contributed by atoms with Crippen LogP contribution >= 0.6 is 0 Å². The van der Waals surface area contributed by atoms with E-state index in [0.29, 0.717) is 6.42 Å². The molecule has 0 spiro atoms. The smallest absolute Gasteiger partial charge is 0.129 e. The van der Waals surface area contributed by atoms with E-state index in [1.165, 1.54) is 5.56 Å². The Morgan fingerprint density at radius 2 is 2.00 bits per heavy atom. The number of hydrogen-bond acceptors (Lipinski definition) is 3. The molecule has 0 fully saturated rings. The monoisotopic (exact) mass is 235 g/mol. The maximum Gasteiger partial charge on any atom is 0.129 e. The van der Waals surface area contributed by atoms with E-state index in [2.05, 4.69) is 19.2 Å². The summed E-state index contributed by atoms with van der Waals surface area (Å²) < 4.78 is 5.27. The molecule has 0 aliphatic heterocycles. The summed E-state index contributed by atoms with van der Waals surface area (Å²) in [4.78, 5) is 10.8. The second kappa shape index (κ2) is 6.28. The third-order valence-corrected chi connectivity index (χ3v) is 2.98. The lowest BCUT2D eigenvalue weighted by Crippen LogP contribution is -2.06. The molecule has 0 atom stereocenters. The van der Waals surface area contributed by atoms with Gasteiger partial charge in [-0.25, -0.2) is 0 Å². The van der Waals surface area contributed by atoms with Crippen molar-refractivity contribution in [1.82, 2.24) is 0 Å². The van der Waals surface area contributed by atoms with Crippen molar-refractivity contribution in [2.45, 2.75) is 33.6 Å². The fourth-order valence-electron chi connectivity index (χ4n) is 1.77. The summed E-state index contributed by atoms with van der Waals surface area (Å²) in [6.07, 6.45) is 1.51. The summed E-state index contributed by atoms with van der Waals surface area (Å²) in [6, 6.07) is 3.99. The van der Waals surface area contributed by atoms with Gasteiger partial charge in [-0.1, -0.05) is 0 Å². The van der Waals surface area contributed by atoms with E-state index in [1.54, 1.807) is 14.0 Å². The molecule has 0 radical (unpaired) electrons. The molecule has 94 valence electrons.